The quantitative estimate of drug-likeness (QED) is 0.808. The van der Waals surface area contributed by atoms with Crippen LogP contribution in [0.15, 0.2) is 42.5 Å². The zero-order valence-corrected chi connectivity index (χ0v) is 13.4. The number of hydrogen-bond acceptors (Lipinski definition) is 4. The lowest BCUT2D eigenvalue weighted by Crippen LogP contribution is -2.18. The summed E-state index contributed by atoms with van der Waals surface area (Å²) in [4.78, 5) is 22.9. The molecule has 0 bridgehead atoms. The molecular weight excluding hydrogens is 341 g/mol. The number of halogens is 2. The van der Waals surface area contributed by atoms with Crippen LogP contribution in [0.4, 0.5) is 0 Å². The molecule has 0 spiro atoms. The van der Waals surface area contributed by atoms with E-state index in [4.69, 9.17) is 38.4 Å². The molecule has 23 heavy (non-hydrogen) atoms. The van der Waals surface area contributed by atoms with Gasteiger partial charge in [0, 0.05) is 0 Å². The summed E-state index contributed by atoms with van der Waals surface area (Å²) in [6, 6.07) is 11.3. The molecule has 5 nitrogen and oxygen atoms in total. The van der Waals surface area contributed by atoms with Gasteiger partial charge in [-0.1, -0.05) is 41.4 Å². The standard InChI is InChI=1S/C16H13Cl2NO4/c17-12-6-5-10(7-13(12)18)8-23-15(20)9-22-14-4-2-1-3-11(14)16(19)21/h1-7H,8-9H2,(H2,19,21). The summed E-state index contributed by atoms with van der Waals surface area (Å²) in [5.74, 6) is -0.994. The van der Waals surface area contributed by atoms with Gasteiger partial charge >= 0.3 is 5.97 Å². The smallest absolute Gasteiger partial charge is 0.344 e. The second kappa shape index (κ2) is 7.85. The lowest BCUT2D eigenvalue weighted by molar-refractivity contribution is -0.147. The van der Waals surface area contributed by atoms with Gasteiger partial charge in [-0.05, 0) is 29.8 Å². The van der Waals surface area contributed by atoms with E-state index in [1.165, 1.54) is 6.07 Å². The molecule has 0 fully saturated rings. The van der Waals surface area contributed by atoms with Gasteiger partial charge in [0.25, 0.3) is 5.91 Å². The molecule has 120 valence electrons. The predicted molar refractivity (Wildman–Crippen MR) is 86.7 cm³/mol. The number of esters is 1. The Hall–Kier alpha value is -2.24. The van der Waals surface area contributed by atoms with Crippen LogP contribution in [-0.4, -0.2) is 18.5 Å². The second-order valence-corrected chi connectivity index (χ2v) is 5.37. The van der Waals surface area contributed by atoms with Gasteiger partial charge in [0.1, 0.15) is 12.4 Å². The van der Waals surface area contributed by atoms with Crippen LogP contribution in [-0.2, 0) is 16.1 Å². The minimum Gasteiger partial charge on any atom is -0.481 e. The lowest BCUT2D eigenvalue weighted by atomic mass is 10.2. The van der Waals surface area contributed by atoms with E-state index >= 15 is 0 Å². The molecule has 0 radical (unpaired) electrons. The van der Waals surface area contributed by atoms with Crippen LogP contribution >= 0.6 is 23.2 Å². The number of rotatable bonds is 6. The van der Waals surface area contributed by atoms with Crippen molar-refractivity contribution in [2.45, 2.75) is 6.61 Å². The summed E-state index contributed by atoms with van der Waals surface area (Å²) >= 11 is 11.7. The van der Waals surface area contributed by atoms with E-state index in [0.29, 0.717) is 15.6 Å². The molecule has 2 N–H and O–H groups in total. The van der Waals surface area contributed by atoms with Crippen LogP contribution in [0.25, 0.3) is 0 Å². The van der Waals surface area contributed by atoms with Crippen LogP contribution in [0.2, 0.25) is 10.0 Å². The first-order chi connectivity index (χ1) is 11.0. The van der Waals surface area contributed by atoms with Crippen molar-refractivity contribution in [2.75, 3.05) is 6.61 Å². The predicted octanol–water partition coefficient (Wildman–Crippen LogP) is 3.21. The van der Waals surface area contributed by atoms with Crippen molar-refractivity contribution in [1.82, 2.24) is 0 Å². The number of nitrogens with two attached hydrogens (primary N) is 1. The summed E-state index contributed by atoms with van der Waals surface area (Å²) in [6.07, 6.45) is 0. The van der Waals surface area contributed by atoms with Gasteiger partial charge in [-0.3, -0.25) is 4.79 Å². The Bertz CT molecular complexity index is 734. The summed E-state index contributed by atoms with van der Waals surface area (Å²) in [7, 11) is 0. The van der Waals surface area contributed by atoms with Crippen LogP contribution in [0.5, 0.6) is 5.75 Å². The van der Waals surface area contributed by atoms with E-state index in [9.17, 15) is 9.59 Å². The number of benzene rings is 2. The highest BCUT2D eigenvalue weighted by Crippen LogP contribution is 2.23. The Morgan fingerprint density at radius 1 is 1.04 bits per heavy atom. The monoisotopic (exact) mass is 353 g/mol. The third-order valence-corrected chi connectivity index (χ3v) is 3.62. The minimum absolute atomic E-state index is 0.0382. The minimum atomic E-state index is -0.634. The molecule has 0 unspecified atom stereocenters. The number of hydrogen-bond donors (Lipinski definition) is 1. The Morgan fingerprint density at radius 3 is 2.48 bits per heavy atom. The molecule has 2 rings (SSSR count). The highest BCUT2D eigenvalue weighted by Gasteiger charge is 2.11. The van der Waals surface area contributed by atoms with Crippen LogP contribution < -0.4 is 10.5 Å². The van der Waals surface area contributed by atoms with E-state index in [2.05, 4.69) is 0 Å². The highest BCUT2D eigenvalue weighted by molar-refractivity contribution is 6.42. The van der Waals surface area contributed by atoms with Gasteiger partial charge in [0.15, 0.2) is 6.61 Å². The molecule has 0 aliphatic carbocycles. The first-order valence-corrected chi connectivity index (χ1v) is 7.34. The zero-order valence-electron chi connectivity index (χ0n) is 11.9. The van der Waals surface area contributed by atoms with E-state index in [-0.39, 0.29) is 24.5 Å². The molecule has 0 atom stereocenters. The molecule has 0 saturated carbocycles. The number of amides is 1. The maximum absolute atomic E-state index is 11.7. The number of carbonyl (C=O) groups is 2. The maximum atomic E-state index is 11.7. The molecule has 2 aromatic carbocycles. The van der Waals surface area contributed by atoms with Crippen molar-refractivity contribution in [2.24, 2.45) is 5.73 Å². The molecule has 2 aromatic rings. The van der Waals surface area contributed by atoms with Gasteiger partial charge < -0.3 is 15.2 Å². The molecule has 0 aliphatic heterocycles. The maximum Gasteiger partial charge on any atom is 0.344 e. The molecule has 0 aliphatic rings. The summed E-state index contributed by atoms with van der Waals surface area (Å²) in [6.45, 7) is -0.303. The van der Waals surface area contributed by atoms with E-state index in [1.807, 2.05) is 0 Å². The summed E-state index contributed by atoms with van der Waals surface area (Å²) < 4.78 is 10.3. The van der Waals surface area contributed by atoms with Gasteiger partial charge in [-0.2, -0.15) is 0 Å². The SMILES string of the molecule is NC(=O)c1ccccc1OCC(=O)OCc1ccc(Cl)c(Cl)c1. The number of primary amides is 1. The Morgan fingerprint density at radius 2 is 1.78 bits per heavy atom. The van der Waals surface area contributed by atoms with Crippen molar-refractivity contribution in [3.05, 3.63) is 63.6 Å². The van der Waals surface area contributed by atoms with Gasteiger partial charge in [-0.15, -0.1) is 0 Å². The van der Waals surface area contributed by atoms with Crippen molar-refractivity contribution in [3.8, 4) is 5.75 Å². The number of para-hydroxylation sites is 1. The Kier molecular flexibility index (Phi) is 5.84. The van der Waals surface area contributed by atoms with Crippen LogP contribution in [0.1, 0.15) is 15.9 Å². The van der Waals surface area contributed by atoms with Crippen molar-refractivity contribution >= 4 is 35.1 Å². The van der Waals surface area contributed by atoms with Crippen molar-refractivity contribution in [3.63, 3.8) is 0 Å². The molecular formula is C16H13Cl2NO4. The fourth-order valence-electron chi connectivity index (χ4n) is 1.77. The first kappa shape index (κ1) is 17.1. The van der Waals surface area contributed by atoms with Crippen molar-refractivity contribution in [1.29, 1.82) is 0 Å². The summed E-state index contributed by atoms with van der Waals surface area (Å²) in [5.41, 5.74) is 6.12. The molecule has 0 saturated heterocycles. The van der Waals surface area contributed by atoms with Crippen LogP contribution in [0, 0.1) is 0 Å². The Balaban J connectivity index is 1.88. The van der Waals surface area contributed by atoms with Gasteiger partial charge in [-0.25, -0.2) is 4.79 Å². The van der Waals surface area contributed by atoms with Crippen molar-refractivity contribution < 1.29 is 19.1 Å². The largest absolute Gasteiger partial charge is 0.481 e. The molecule has 0 heterocycles. The highest BCUT2D eigenvalue weighted by atomic mass is 35.5. The number of ether oxygens (including phenoxy) is 2. The molecule has 0 aromatic heterocycles. The molecule has 1 amide bonds. The normalized spacial score (nSPS) is 10.2. The van der Waals surface area contributed by atoms with E-state index in [1.54, 1.807) is 36.4 Å². The van der Waals surface area contributed by atoms with Crippen LogP contribution in [0.3, 0.4) is 0 Å². The van der Waals surface area contributed by atoms with E-state index < -0.39 is 11.9 Å². The average molecular weight is 354 g/mol. The molecule has 7 heteroatoms. The summed E-state index contributed by atoms with van der Waals surface area (Å²) in [5, 5.41) is 0.806. The van der Waals surface area contributed by atoms with Gasteiger partial charge in [0.2, 0.25) is 0 Å². The fraction of sp³-hybridized carbons (Fsp3) is 0.125. The average Bonchev–Trinajstić information content (AvgIpc) is 2.54. The lowest BCUT2D eigenvalue weighted by Gasteiger charge is -2.09. The first-order valence-electron chi connectivity index (χ1n) is 6.58. The van der Waals surface area contributed by atoms with Gasteiger partial charge in [0.05, 0.1) is 15.6 Å². The topological polar surface area (TPSA) is 78.6 Å². The third-order valence-electron chi connectivity index (χ3n) is 2.88. The third kappa shape index (κ3) is 4.87. The Labute approximate surface area is 142 Å². The zero-order chi connectivity index (χ0) is 16.8. The second-order valence-electron chi connectivity index (χ2n) is 4.56. The number of carbonyl (C=O) groups excluding carboxylic acids is 2. The fourth-order valence-corrected chi connectivity index (χ4v) is 2.09. The van der Waals surface area contributed by atoms with E-state index in [0.717, 1.165) is 0 Å².